The number of nitrogens with two attached hydrogens (primary N) is 1. The van der Waals surface area contributed by atoms with Crippen LogP contribution in [0.3, 0.4) is 0 Å². The first-order valence-corrected chi connectivity index (χ1v) is 6.52. The number of rotatable bonds is 3. The number of likely N-dealkylation sites (tertiary alicyclic amines) is 1. The van der Waals surface area contributed by atoms with Crippen LogP contribution in [-0.4, -0.2) is 43.5 Å². The van der Waals surface area contributed by atoms with Crippen molar-refractivity contribution in [1.82, 2.24) is 10.2 Å². The van der Waals surface area contributed by atoms with Crippen molar-refractivity contribution < 1.29 is 4.79 Å². The standard InChI is InChI=1S/C13H27N3O.2ClH/c1-13(2,3)11(14)12(17)15-9-10-5-7-16(4)8-6-10;;/h10-11H,5-9,14H2,1-4H3,(H,15,17);2*1H/t11-;;/m1../s1. The van der Waals surface area contributed by atoms with E-state index in [4.69, 9.17) is 5.73 Å². The van der Waals surface area contributed by atoms with Gasteiger partial charge in [-0.2, -0.15) is 0 Å². The van der Waals surface area contributed by atoms with Crippen LogP contribution < -0.4 is 11.1 Å². The molecule has 1 rings (SSSR count). The molecular weight excluding hydrogens is 285 g/mol. The summed E-state index contributed by atoms with van der Waals surface area (Å²) in [6, 6.07) is -0.422. The lowest BCUT2D eigenvalue weighted by atomic mass is 9.86. The Morgan fingerprint density at radius 1 is 1.32 bits per heavy atom. The van der Waals surface area contributed by atoms with E-state index in [1.165, 1.54) is 12.8 Å². The lowest BCUT2D eigenvalue weighted by Gasteiger charge is -2.30. The Morgan fingerprint density at radius 2 is 1.79 bits per heavy atom. The molecule has 1 fully saturated rings. The molecule has 4 nitrogen and oxygen atoms in total. The summed E-state index contributed by atoms with van der Waals surface area (Å²) in [5, 5.41) is 2.99. The van der Waals surface area contributed by atoms with Crippen molar-refractivity contribution >= 4 is 30.7 Å². The Morgan fingerprint density at radius 3 is 2.21 bits per heavy atom. The van der Waals surface area contributed by atoms with Crippen molar-refractivity contribution in [3.05, 3.63) is 0 Å². The minimum absolute atomic E-state index is 0. The molecule has 0 radical (unpaired) electrons. The van der Waals surface area contributed by atoms with Gasteiger partial charge in [-0.3, -0.25) is 4.79 Å². The summed E-state index contributed by atoms with van der Waals surface area (Å²) in [6.45, 7) is 9.01. The molecule has 1 amide bonds. The lowest BCUT2D eigenvalue weighted by Crippen LogP contribution is -2.50. The first-order valence-electron chi connectivity index (χ1n) is 6.52. The highest BCUT2D eigenvalue weighted by atomic mass is 35.5. The Balaban J connectivity index is 0. The summed E-state index contributed by atoms with van der Waals surface area (Å²) >= 11 is 0. The van der Waals surface area contributed by atoms with E-state index in [0.717, 1.165) is 19.6 Å². The number of carbonyl (C=O) groups is 1. The fourth-order valence-electron chi connectivity index (χ4n) is 2.01. The first-order chi connectivity index (χ1) is 7.80. The number of piperidine rings is 1. The van der Waals surface area contributed by atoms with Gasteiger partial charge in [0.2, 0.25) is 5.91 Å². The second kappa shape index (κ2) is 9.01. The zero-order valence-electron chi connectivity index (χ0n) is 12.4. The fraction of sp³-hybridized carbons (Fsp3) is 0.923. The Labute approximate surface area is 129 Å². The predicted octanol–water partition coefficient (Wildman–Crippen LogP) is 1.66. The molecule has 0 aromatic heterocycles. The third-order valence-corrected chi connectivity index (χ3v) is 3.62. The number of carbonyl (C=O) groups excluding carboxylic acids is 1. The van der Waals surface area contributed by atoms with E-state index in [-0.39, 0.29) is 36.1 Å². The summed E-state index contributed by atoms with van der Waals surface area (Å²) in [7, 11) is 2.14. The highest BCUT2D eigenvalue weighted by Gasteiger charge is 2.27. The van der Waals surface area contributed by atoms with Crippen LogP contribution in [0.5, 0.6) is 0 Å². The molecule has 3 N–H and O–H groups in total. The van der Waals surface area contributed by atoms with Crippen LogP contribution in [0.2, 0.25) is 0 Å². The highest BCUT2D eigenvalue weighted by Crippen LogP contribution is 2.18. The first kappa shape index (κ1) is 21.3. The van der Waals surface area contributed by atoms with Crippen molar-refractivity contribution in [3.63, 3.8) is 0 Å². The molecule has 0 saturated carbocycles. The maximum atomic E-state index is 11.9. The minimum Gasteiger partial charge on any atom is -0.354 e. The van der Waals surface area contributed by atoms with E-state index in [9.17, 15) is 4.79 Å². The Hall–Kier alpha value is -0.0300. The van der Waals surface area contributed by atoms with E-state index in [2.05, 4.69) is 17.3 Å². The molecule has 19 heavy (non-hydrogen) atoms. The molecule has 0 aromatic rings. The minimum atomic E-state index is -0.422. The zero-order valence-corrected chi connectivity index (χ0v) is 14.1. The lowest BCUT2D eigenvalue weighted by molar-refractivity contribution is -0.124. The second-order valence-corrected chi connectivity index (χ2v) is 6.34. The van der Waals surface area contributed by atoms with Crippen molar-refractivity contribution in [2.24, 2.45) is 17.1 Å². The smallest absolute Gasteiger partial charge is 0.237 e. The van der Waals surface area contributed by atoms with E-state index in [1.54, 1.807) is 0 Å². The summed E-state index contributed by atoms with van der Waals surface area (Å²) in [5.41, 5.74) is 5.74. The molecule has 0 spiro atoms. The number of amides is 1. The fourth-order valence-corrected chi connectivity index (χ4v) is 2.01. The maximum absolute atomic E-state index is 11.9. The van der Waals surface area contributed by atoms with Crippen molar-refractivity contribution in [3.8, 4) is 0 Å². The molecule has 1 aliphatic rings. The molecule has 1 aliphatic heterocycles. The van der Waals surface area contributed by atoms with Crippen LogP contribution in [0, 0.1) is 11.3 Å². The molecule has 0 unspecified atom stereocenters. The van der Waals surface area contributed by atoms with Gasteiger partial charge in [0.05, 0.1) is 6.04 Å². The third kappa shape index (κ3) is 7.35. The molecule has 6 heteroatoms. The van der Waals surface area contributed by atoms with Gasteiger partial charge in [0.15, 0.2) is 0 Å². The predicted molar refractivity (Wildman–Crippen MR) is 85.2 cm³/mol. The van der Waals surface area contributed by atoms with Crippen molar-refractivity contribution in [2.75, 3.05) is 26.7 Å². The SMILES string of the molecule is CN1CCC(CNC(=O)[C@@H](N)C(C)(C)C)CC1.Cl.Cl. The van der Waals surface area contributed by atoms with Gasteiger partial charge in [-0.15, -0.1) is 24.8 Å². The molecule has 1 heterocycles. The highest BCUT2D eigenvalue weighted by molar-refractivity contribution is 5.85. The number of nitrogens with one attached hydrogen (secondary N) is 1. The van der Waals surface area contributed by atoms with Gasteiger partial charge in [0, 0.05) is 6.54 Å². The zero-order chi connectivity index (χ0) is 13.1. The number of halogens is 2. The van der Waals surface area contributed by atoms with Gasteiger partial charge in [0.25, 0.3) is 0 Å². The quantitative estimate of drug-likeness (QED) is 0.833. The number of hydrogen-bond donors (Lipinski definition) is 2. The average molecular weight is 314 g/mol. The number of nitrogens with zero attached hydrogens (tertiary/aromatic N) is 1. The molecule has 116 valence electrons. The van der Waals surface area contributed by atoms with E-state index < -0.39 is 6.04 Å². The summed E-state index contributed by atoms with van der Waals surface area (Å²) < 4.78 is 0. The molecule has 1 saturated heterocycles. The topological polar surface area (TPSA) is 58.4 Å². The Bertz CT molecular complexity index is 261. The molecular formula is C13H29Cl2N3O. The van der Waals surface area contributed by atoms with Gasteiger partial charge in [-0.05, 0) is 44.3 Å². The largest absolute Gasteiger partial charge is 0.354 e. The van der Waals surface area contributed by atoms with Gasteiger partial charge < -0.3 is 16.0 Å². The van der Waals surface area contributed by atoms with E-state index in [0.29, 0.717) is 5.92 Å². The van der Waals surface area contributed by atoms with Crippen LogP contribution in [-0.2, 0) is 4.79 Å². The van der Waals surface area contributed by atoms with Gasteiger partial charge >= 0.3 is 0 Å². The molecule has 0 bridgehead atoms. The molecule has 0 aromatic carbocycles. The third-order valence-electron chi connectivity index (χ3n) is 3.62. The van der Waals surface area contributed by atoms with Crippen LogP contribution in [0.1, 0.15) is 33.6 Å². The number of hydrogen-bond acceptors (Lipinski definition) is 3. The molecule has 0 aliphatic carbocycles. The molecule has 1 atom stereocenters. The monoisotopic (exact) mass is 313 g/mol. The normalized spacial score (nSPS) is 19.0. The summed E-state index contributed by atoms with van der Waals surface area (Å²) in [6.07, 6.45) is 2.34. The summed E-state index contributed by atoms with van der Waals surface area (Å²) in [4.78, 5) is 14.2. The van der Waals surface area contributed by atoms with Gasteiger partial charge in [0.1, 0.15) is 0 Å². The van der Waals surface area contributed by atoms with Crippen molar-refractivity contribution in [2.45, 2.75) is 39.7 Å². The van der Waals surface area contributed by atoms with Crippen LogP contribution in [0.15, 0.2) is 0 Å². The Kier molecular flexibility index (Phi) is 10.1. The van der Waals surface area contributed by atoms with Crippen LogP contribution >= 0.6 is 24.8 Å². The van der Waals surface area contributed by atoms with E-state index >= 15 is 0 Å². The maximum Gasteiger partial charge on any atom is 0.237 e. The van der Waals surface area contributed by atoms with Crippen LogP contribution in [0.4, 0.5) is 0 Å². The van der Waals surface area contributed by atoms with Crippen molar-refractivity contribution in [1.29, 1.82) is 0 Å². The van der Waals surface area contributed by atoms with Crippen LogP contribution in [0.25, 0.3) is 0 Å². The van der Waals surface area contributed by atoms with Gasteiger partial charge in [-0.25, -0.2) is 0 Å². The average Bonchev–Trinajstić information content (AvgIpc) is 2.25. The summed E-state index contributed by atoms with van der Waals surface area (Å²) in [5.74, 6) is 0.596. The van der Waals surface area contributed by atoms with Gasteiger partial charge in [-0.1, -0.05) is 20.8 Å². The second-order valence-electron chi connectivity index (χ2n) is 6.34. The van der Waals surface area contributed by atoms with E-state index in [1.807, 2.05) is 20.8 Å².